The lowest BCUT2D eigenvalue weighted by Gasteiger charge is -2.30. The molecule has 2 saturated heterocycles. The zero-order chi connectivity index (χ0) is 53.4. The highest BCUT2D eigenvalue weighted by Gasteiger charge is 2.53. The number of carbonyl (C=O) groups is 2. The van der Waals surface area contributed by atoms with Gasteiger partial charge in [-0.2, -0.15) is 4.31 Å². The zero-order valence-electron chi connectivity index (χ0n) is 42.2. The molecule has 2 fully saturated rings. The van der Waals surface area contributed by atoms with Crippen LogP contribution in [0.25, 0.3) is 5.52 Å². The first-order valence-electron chi connectivity index (χ1n) is 24.9. The van der Waals surface area contributed by atoms with E-state index in [-0.39, 0.29) is 104 Å². The van der Waals surface area contributed by atoms with E-state index in [4.69, 9.17) is 28.4 Å². The van der Waals surface area contributed by atoms with Crippen LogP contribution < -0.4 is 25.2 Å². The molecular formula is C56H61F2N3O13S. The number of aromatic nitrogens is 2. The Bertz CT molecular complexity index is 3210. The van der Waals surface area contributed by atoms with Crippen LogP contribution in [0.15, 0.2) is 130 Å². The minimum absolute atomic E-state index is 0.00781. The highest BCUT2D eigenvalue weighted by atomic mass is 32.2. The molecule has 8 rings (SSSR count). The van der Waals surface area contributed by atoms with Gasteiger partial charge in [0.2, 0.25) is 15.5 Å². The second-order valence-corrected chi connectivity index (χ2v) is 21.3. The lowest BCUT2D eigenvalue weighted by atomic mass is 9.90. The van der Waals surface area contributed by atoms with Crippen LogP contribution in [0.1, 0.15) is 67.1 Å². The van der Waals surface area contributed by atoms with E-state index in [0.29, 0.717) is 35.7 Å². The number of sulfonamides is 1. The van der Waals surface area contributed by atoms with Crippen LogP contribution in [-0.2, 0) is 55.0 Å². The minimum atomic E-state index is -4.09. The Morgan fingerprint density at radius 2 is 1.64 bits per heavy atom. The monoisotopic (exact) mass is 1050 g/mol. The van der Waals surface area contributed by atoms with Gasteiger partial charge in [-0.05, 0) is 91.3 Å². The number of pyridine rings is 1. The molecule has 0 unspecified atom stereocenters. The molecule has 1 N–H and O–H groups in total. The first-order valence-corrected chi connectivity index (χ1v) is 26.3. The molecule has 5 atom stereocenters. The normalized spacial score (nSPS) is 18.3. The summed E-state index contributed by atoms with van der Waals surface area (Å²) in [4.78, 5) is 55.4. The first kappa shape index (κ1) is 54.5. The number of aliphatic hydroxyl groups is 1. The highest BCUT2D eigenvalue weighted by molar-refractivity contribution is 7.89. The van der Waals surface area contributed by atoms with E-state index >= 15 is 0 Å². The van der Waals surface area contributed by atoms with Gasteiger partial charge in [-0.1, -0.05) is 62.4 Å². The predicted molar refractivity (Wildman–Crippen MR) is 272 cm³/mol. The Kier molecular flexibility index (Phi) is 17.3. The van der Waals surface area contributed by atoms with Crippen molar-refractivity contribution in [1.29, 1.82) is 0 Å². The summed E-state index contributed by atoms with van der Waals surface area (Å²) in [6.07, 6.45) is 2.65. The summed E-state index contributed by atoms with van der Waals surface area (Å²) in [7, 11) is -2.60. The molecule has 75 heavy (non-hydrogen) atoms. The van der Waals surface area contributed by atoms with Gasteiger partial charge in [0.1, 0.15) is 42.5 Å². The molecule has 0 amide bonds. The Balaban J connectivity index is 0.974. The molecule has 0 spiro atoms. The second kappa shape index (κ2) is 23.8. The van der Waals surface area contributed by atoms with Crippen molar-refractivity contribution in [2.75, 3.05) is 40.0 Å². The molecule has 2 aliphatic rings. The highest BCUT2D eigenvalue weighted by Crippen LogP contribution is 2.42. The third-order valence-corrected chi connectivity index (χ3v) is 15.5. The summed E-state index contributed by atoms with van der Waals surface area (Å²) >= 11 is 0. The standard InChI is InChI=1S/C56H61F2N3O13S/c1-36(2)31-61(75(67,68)44-19-17-42(69-4)18-20-44)33-49(63)40(29-51(64)74-50-35-73-56(3)46(50)22-26-72-56)28-37-10-15-43(16-11-37)70-27-25-59-23-24-60-32-45(48(62)21-13-39-12-14-41(57)30-47(39)58)53(65)54(52(60)55(59)66)71-34-38-8-6-5-7-9-38/h5-12,14-20,23-24,30,32,36,40,46,49-50,63H,13,21-22,25-29,31,33-35H2,1-4H3/t40-,46+,49-,50+,56-/m1/s1. The molecule has 2 aliphatic heterocycles. The van der Waals surface area contributed by atoms with Gasteiger partial charge in [0.15, 0.2) is 22.8 Å². The fourth-order valence-corrected chi connectivity index (χ4v) is 11.2. The molecule has 0 radical (unpaired) electrons. The molecule has 0 aliphatic carbocycles. The van der Waals surface area contributed by atoms with Crippen LogP contribution in [0.4, 0.5) is 8.78 Å². The molecule has 16 nitrogen and oxygen atoms in total. The lowest BCUT2D eigenvalue weighted by Crippen LogP contribution is -2.43. The van der Waals surface area contributed by atoms with Crippen molar-refractivity contribution in [1.82, 2.24) is 13.3 Å². The average molecular weight is 1050 g/mol. The Hall–Kier alpha value is -6.77. The van der Waals surface area contributed by atoms with Gasteiger partial charge in [0, 0.05) is 50.1 Å². The molecule has 19 heteroatoms. The summed E-state index contributed by atoms with van der Waals surface area (Å²) in [5.41, 5.74) is -0.255. The van der Waals surface area contributed by atoms with Gasteiger partial charge >= 0.3 is 5.97 Å². The number of methoxy groups -OCH3 is 1. The van der Waals surface area contributed by atoms with E-state index in [1.807, 2.05) is 26.8 Å². The summed E-state index contributed by atoms with van der Waals surface area (Å²) in [5.74, 6) is -4.04. The van der Waals surface area contributed by atoms with E-state index in [9.17, 15) is 41.5 Å². The first-order chi connectivity index (χ1) is 35.9. The number of aryl methyl sites for hydroxylation is 1. The predicted octanol–water partition coefficient (Wildman–Crippen LogP) is 7.17. The van der Waals surface area contributed by atoms with Crippen molar-refractivity contribution in [2.45, 2.75) is 88.9 Å². The van der Waals surface area contributed by atoms with Crippen LogP contribution in [0, 0.1) is 29.4 Å². The number of hydrogen-bond donors (Lipinski definition) is 1. The molecule has 4 heterocycles. The third-order valence-electron chi connectivity index (χ3n) is 13.6. The van der Waals surface area contributed by atoms with E-state index in [2.05, 4.69) is 0 Å². The number of aliphatic hydroxyl groups excluding tert-OH is 1. The average Bonchev–Trinajstić information content (AvgIpc) is 3.93. The van der Waals surface area contributed by atoms with Gasteiger partial charge in [-0.3, -0.25) is 19.2 Å². The van der Waals surface area contributed by atoms with Crippen molar-refractivity contribution < 1.29 is 60.3 Å². The second-order valence-electron chi connectivity index (χ2n) is 19.4. The molecule has 4 aromatic carbocycles. The van der Waals surface area contributed by atoms with Crippen LogP contribution in [0.5, 0.6) is 17.2 Å². The van der Waals surface area contributed by atoms with Gasteiger partial charge in [0.05, 0.1) is 55.8 Å². The zero-order valence-corrected chi connectivity index (χ0v) is 43.0. The van der Waals surface area contributed by atoms with Crippen LogP contribution in [0.3, 0.4) is 0 Å². The number of rotatable bonds is 24. The minimum Gasteiger partial charge on any atom is -0.497 e. The SMILES string of the molecule is COc1ccc(S(=O)(=O)N(CC(C)C)C[C@@H](O)[C@@H](CC(=O)O[C@H]2CO[C@@]3(C)OCC[C@@H]23)Cc2ccc(OCCn3ccn4cc(C(=O)CCc5ccc(F)cc5F)c(=O)c(OCc5ccccc5)c4c3=O)cc2)cc1. The van der Waals surface area contributed by atoms with E-state index in [1.165, 1.54) is 57.2 Å². The summed E-state index contributed by atoms with van der Waals surface area (Å²) < 4.78 is 94.8. The van der Waals surface area contributed by atoms with E-state index in [1.54, 1.807) is 60.7 Å². The lowest BCUT2D eigenvalue weighted by molar-refractivity contribution is -0.181. The van der Waals surface area contributed by atoms with Crippen molar-refractivity contribution in [3.05, 3.63) is 170 Å². The van der Waals surface area contributed by atoms with Crippen LogP contribution >= 0.6 is 0 Å². The molecule has 0 saturated carbocycles. The topological polar surface area (TPSA) is 191 Å². The maximum absolute atomic E-state index is 14.4. The van der Waals surface area contributed by atoms with Gasteiger partial charge in [-0.15, -0.1) is 0 Å². The molecule has 2 aromatic heterocycles. The number of benzene rings is 4. The Labute approximate surface area is 433 Å². The van der Waals surface area contributed by atoms with Crippen molar-refractivity contribution in [3.63, 3.8) is 0 Å². The fourth-order valence-electron chi connectivity index (χ4n) is 9.54. The number of halogens is 2. The molecule has 0 bridgehead atoms. The third kappa shape index (κ3) is 13.0. The summed E-state index contributed by atoms with van der Waals surface area (Å²) in [5, 5.41) is 11.9. The van der Waals surface area contributed by atoms with Crippen molar-refractivity contribution >= 4 is 27.3 Å². The number of Topliss-reactive ketones (excluding diaryl/α,β-unsaturated/α-hetero) is 1. The Morgan fingerprint density at radius 3 is 2.35 bits per heavy atom. The molecule has 6 aromatic rings. The fraction of sp³-hybridized carbons (Fsp3) is 0.393. The van der Waals surface area contributed by atoms with Crippen LogP contribution in [-0.4, -0.2) is 96.6 Å². The number of ketones is 1. The van der Waals surface area contributed by atoms with Gasteiger partial charge in [-0.25, -0.2) is 17.2 Å². The van der Waals surface area contributed by atoms with Crippen LogP contribution in [0.2, 0.25) is 0 Å². The largest absolute Gasteiger partial charge is 0.497 e. The maximum Gasteiger partial charge on any atom is 0.306 e. The number of fused-ring (bicyclic) bond motifs is 2. The number of carbonyl (C=O) groups excluding carboxylic acids is 2. The Morgan fingerprint density at radius 1 is 0.907 bits per heavy atom. The van der Waals surface area contributed by atoms with Crippen molar-refractivity contribution in [3.8, 4) is 17.2 Å². The molecule has 398 valence electrons. The van der Waals surface area contributed by atoms with E-state index in [0.717, 1.165) is 12.1 Å². The summed E-state index contributed by atoms with van der Waals surface area (Å²) in [6, 6.07) is 25.0. The number of ether oxygens (including phenoxy) is 6. The smallest absolute Gasteiger partial charge is 0.306 e. The molecular weight excluding hydrogens is 993 g/mol. The maximum atomic E-state index is 14.4. The van der Waals surface area contributed by atoms with Gasteiger partial charge < -0.3 is 42.5 Å². The quantitative estimate of drug-likeness (QED) is 0.0475. The summed E-state index contributed by atoms with van der Waals surface area (Å²) in [6.45, 7) is 5.98. The van der Waals surface area contributed by atoms with Gasteiger partial charge in [0.25, 0.3) is 5.56 Å². The number of hydrogen-bond acceptors (Lipinski definition) is 13. The number of nitrogens with zero attached hydrogens (tertiary/aromatic N) is 3. The number of esters is 1. The van der Waals surface area contributed by atoms with E-state index < -0.39 is 68.3 Å². The van der Waals surface area contributed by atoms with Crippen molar-refractivity contribution in [2.24, 2.45) is 17.8 Å².